The highest BCUT2D eigenvalue weighted by atomic mass is 35.5. The third kappa shape index (κ3) is 15.7. The van der Waals surface area contributed by atoms with E-state index in [0.717, 1.165) is 83.4 Å². The number of hydrogen-bond donors (Lipinski definition) is 18. The van der Waals surface area contributed by atoms with Crippen molar-refractivity contribution in [2.75, 3.05) is 6.61 Å². The Labute approximate surface area is 616 Å². The van der Waals surface area contributed by atoms with Crippen LogP contribution < -0.4 is 57.6 Å². The number of carboxylic acids is 1. The summed E-state index contributed by atoms with van der Waals surface area (Å²) in [5.41, 5.74) is 10.7. The molecule has 0 radical (unpaired) electrons. The topological polar surface area (TPSA) is 501 Å². The average molecular weight is 1520 g/mol. The van der Waals surface area contributed by atoms with Gasteiger partial charge in [0.1, 0.15) is 89.5 Å². The van der Waals surface area contributed by atoms with Crippen LogP contribution >= 0.6 is 34.8 Å². The Hall–Kier alpha value is -9.94. The number of aliphatic hydroxyl groups is 6. The van der Waals surface area contributed by atoms with E-state index >= 15 is 14.4 Å². The summed E-state index contributed by atoms with van der Waals surface area (Å²) >= 11 is 20.2. The summed E-state index contributed by atoms with van der Waals surface area (Å²) in [6, 6.07) is 15.8. The number of ether oxygens (including phenoxy) is 6. The van der Waals surface area contributed by atoms with Gasteiger partial charge in [0.05, 0.1) is 35.3 Å². The number of primary amides is 1. The third-order valence-corrected chi connectivity index (χ3v) is 19.8. The third-order valence-electron chi connectivity index (χ3n) is 18.9. The molecule has 2 saturated heterocycles. The van der Waals surface area contributed by atoms with Gasteiger partial charge in [-0.3, -0.25) is 28.8 Å². The molecule has 7 aliphatic rings. The molecule has 17 atom stereocenters. The Balaban J connectivity index is 1.02. The van der Waals surface area contributed by atoms with E-state index in [2.05, 4.69) is 31.9 Å². The van der Waals surface area contributed by atoms with Crippen molar-refractivity contribution in [2.24, 2.45) is 11.5 Å². The van der Waals surface area contributed by atoms with Crippen molar-refractivity contribution < 1.29 is 113 Å². The van der Waals surface area contributed by atoms with E-state index in [1.54, 1.807) is 26.0 Å². The van der Waals surface area contributed by atoms with Crippen LogP contribution in [-0.4, -0.2) is 172 Å². The van der Waals surface area contributed by atoms with Gasteiger partial charge in [0.2, 0.25) is 47.5 Å². The number of carbonyl (C=O) groups is 7. The number of rotatable bonds is 12. The maximum Gasteiger partial charge on any atom is 0.330 e. The maximum atomic E-state index is 15.9. The summed E-state index contributed by atoms with van der Waals surface area (Å²) in [6.45, 7) is 2.55. The van der Waals surface area contributed by atoms with Crippen molar-refractivity contribution in [1.29, 1.82) is 0 Å². The van der Waals surface area contributed by atoms with Crippen molar-refractivity contribution in [3.05, 3.63) is 176 Å². The molecule has 31 nitrogen and oxygen atoms in total. The predicted molar refractivity (Wildman–Crippen MR) is 373 cm³/mol. The zero-order valence-corrected chi connectivity index (χ0v) is 58.0. The summed E-state index contributed by atoms with van der Waals surface area (Å²) in [4.78, 5) is 101. The quantitative estimate of drug-likeness (QED) is 0.0832. The summed E-state index contributed by atoms with van der Waals surface area (Å²) < 4.78 is 39.1. The van der Waals surface area contributed by atoms with Gasteiger partial charge in [0, 0.05) is 46.3 Å². The van der Waals surface area contributed by atoms with Gasteiger partial charge < -0.3 is 123 Å². The second-order valence-electron chi connectivity index (χ2n) is 26.3. The molecule has 11 bridgehead atoms. The Bertz CT molecular complexity index is 4600. The van der Waals surface area contributed by atoms with Crippen molar-refractivity contribution in [3.63, 3.8) is 0 Å². The number of fused-ring (bicyclic) bond motifs is 15. The molecule has 7 aromatic rings. The molecule has 2 fully saturated rings. The van der Waals surface area contributed by atoms with Gasteiger partial charge in [-0.15, -0.1) is 0 Å². The van der Waals surface area contributed by atoms with Crippen LogP contribution in [0.15, 0.2) is 127 Å². The summed E-state index contributed by atoms with van der Waals surface area (Å²) in [7, 11) is 0. The number of aliphatic hydroxyl groups excluding tert-OH is 6. The highest BCUT2D eigenvalue weighted by Crippen LogP contribution is 2.50. The van der Waals surface area contributed by atoms with E-state index in [4.69, 9.17) is 74.7 Å². The van der Waals surface area contributed by atoms with Gasteiger partial charge in [-0.1, -0.05) is 89.4 Å². The fourth-order valence-corrected chi connectivity index (χ4v) is 13.8. The molecular weight excluding hydrogens is 1450 g/mol. The molecular formula is C72H71Cl3N8O23. The summed E-state index contributed by atoms with van der Waals surface area (Å²) in [6.07, 6.45) is -18.4. The largest absolute Gasteiger partial charge is 0.508 e. The van der Waals surface area contributed by atoms with Crippen molar-refractivity contribution in [2.45, 2.75) is 136 Å². The SMILES string of the molecule is CC1OC(OC2C(Oc3c4cc5cc3Oc3ccc(cc3Cl)C(O)C3NC(=O)C(NC(=O)C5NC(=O)C(CC(N)=O)NC(=O)C(N)C(O)c5ccc(c(Cl)c5)O4)c4ccc(O)c(c4)-c4c(O)cc(O)cc4C(C(=O)O)NC3=O)OC(CO)C(O)C2O)CC(C)(NCc2ccc(-c3ccc(Cl)cc3)cc2)C1O. The van der Waals surface area contributed by atoms with E-state index in [9.17, 15) is 70.2 Å². The van der Waals surface area contributed by atoms with Crippen LogP contribution in [-0.2, 0) is 54.3 Å². The Kier molecular flexibility index (Phi) is 22.1. The molecule has 0 aromatic heterocycles. The molecule has 6 amide bonds. The lowest BCUT2D eigenvalue weighted by molar-refractivity contribution is -0.334. The van der Waals surface area contributed by atoms with Crippen molar-refractivity contribution in [1.82, 2.24) is 31.9 Å². The Morgan fingerprint density at radius 1 is 0.642 bits per heavy atom. The highest BCUT2D eigenvalue weighted by Gasteiger charge is 2.52. The van der Waals surface area contributed by atoms with Gasteiger partial charge in [0.15, 0.2) is 29.9 Å². The first-order valence-corrected chi connectivity index (χ1v) is 34.0. The molecule has 0 aliphatic carbocycles. The fraction of sp³-hybridized carbons (Fsp3) is 0.319. The monoisotopic (exact) mass is 1520 g/mol. The van der Waals surface area contributed by atoms with Crippen LogP contribution in [0.25, 0.3) is 22.3 Å². The Morgan fingerprint density at radius 2 is 1.24 bits per heavy atom. The van der Waals surface area contributed by atoms with Crippen LogP contribution in [0.4, 0.5) is 0 Å². The number of nitrogens with two attached hydrogens (primary N) is 2. The van der Waals surface area contributed by atoms with Crippen molar-refractivity contribution >= 4 is 76.2 Å². The number of hydrogen-bond acceptors (Lipinski definition) is 24. The number of aliphatic carboxylic acids is 1. The first-order valence-electron chi connectivity index (χ1n) is 32.9. The van der Waals surface area contributed by atoms with E-state index in [1.807, 2.05) is 36.4 Å². The van der Waals surface area contributed by atoms with Gasteiger partial charge in [0.25, 0.3) is 0 Å². The standard InChI is InChI=1S/C72H71Cl3N8O23/c1-28-64(93)72(2,78-26-29-3-5-30(6-4-29)31-7-12-36(73)13-8-31)25-51(101-28)105-63-61(92)60(91)49(27-84)104-71(63)106-62-47-20-35-21-48(62)103-46-16-11-34(19-41(46)75)59(90)57-69(98)82-56(70(99)100)39-22-37(85)23-44(87)52(39)38-17-32(9-14-43(38)86)54(67(96)83-57)81-68(97)55(35)80-65(94)42(24-50(76)88)79-66(95)53(77)58(89)33-10-15-45(102-47)40(74)18-33/h3-23,28,42,49,51,53-61,63-64,71,78,84-87,89-93H,24-27,77H2,1-2H3,(H2,76,88)(H,79,95)(H,80,94)(H,81,97)(H,82,98)(H,83,96)(H,99,100). The first-order chi connectivity index (χ1) is 50.4. The number of halogens is 3. The van der Waals surface area contributed by atoms with Crippen LogP contribution in [0.1, 0.15) is 90.4 Å². The van der Waals surface area contributed by atoms with Gasteiger partial charge >= 0.3 is 5.97 Å². The normalized spacial score (nSPS) is 28.2. The molecule has 34 heteroatoms. The minimum atomic E-state index is -2.30. The number of aromatic hydroxyl groups is 3. The molecule has 7 heterocycles. The lowest BCUT2D eigenvalue weighted by atomic mass is 9.84. The number of phenolic OH excluding ortho intramolecular Hbond substituents is 3. The van der Waals surface area contributed by atoms with Crippen LogP contribution in [0.2, 0.25) is 15.1 Å². The molecule has 7 aromatic carbocycles. The smallest absolute Gasteiger partial charge is 0.330 e. The van der Waals surface area contributed by atoms with E-state index in [-0.39, 0.29) is 46.2 Å². The Morgan fingerprint density at radius 3 is 1.85 bits per heavy atom. The predicted octanol–water partition coefficient (Wildman–Crippen LogP) is 3.47. The van der Waals surface area contributed by atoms with Gasteiger partial charge in [-0.2, -0.15) is 0 Å². The van der Waals surface area contributed by atoms with E-state index < -0.39 is 219 Å². The summed E-state index contributed by atoms with van der Waals surface area (Å²) in [5.74, 6) is -14.7. The molecule has 558 valence electrons. The van der Waals surface area contributed by atoms with Gasteiger partial charge in [-0.05, 0) is 120 Å². The lowest BCUT2D eigenvalue weighted by Crippen LogP contribution is -2.65. The fourth-order valence-electron chi connectivity index (χ4n) is 13.2. The zero-order valence-electron chi connectivity index (χ0n) is 55.8. The highest BCUT2D eigenvalue weighted by molar-refractivity contribution is 6.32. The second-order valence-corrected chi connectivity index (χ2v) is 27.5. The van der Waals surface area contributed by atoms with E-state index in [0.29, 0.717) is 5.02 Å². The number of nitrogens with one attached hydrogen (secondary N) is 6. The minimum absolute atomic E-state index is 0.0984. The molecule has 0 saturated carbocycles. The maximum absolute atomic E-state index is 15.9. The zero-order chi connectivity index (χ0) is 76.1. The van der Waals surface area contributed by atoms with Crippen LogP contribution in [0.5, 0.6) is 46.0 Å². The minimum Gasteiger partial charge on any atom is -0.508 e. The number of phenols is 3. The molecule has 17 unspecified atom stereocenters. The second kappa shape index (κ2) is 30.9. The average Bonchev–Trinajstić information content (AvgIpc) is 0.770. The summed E-state index contributed by atoms with van der Waals surface area (Å²) in [5, 5.41) is 130. The molecule has 7 aliphatic heterocycles. The molecule has 20 N–H and O–H groups in total. The number of carbonyl (C=O) groups excluding carboxylic acids is 6. The molecule has 14 rings (SSSR count). The van der Waals surface area contributed by atoms with E-state index in [1.165, 1.54) is 12.1 Å². The van der Waals surface area contributed by atoms with Crippen LogP contribution in [0.3, 0.4) is 0 Å². The number of benzene rings is 7. The van der Waals surface area contributed by atoms with Crippen molar-refractivity contribution in [3.8, 4) is 68.2 Å². The molecule has 0 spiro atoms. The van der Waals surface area contributed by atoms with Crippen LogP contribution in [0, 0.1) is 0 Å². The first kappa shape index (κ1) is 75.7. The lowest BCUT2D eigenvalue weighted by Gasteiger charge is -2.48. The number of amides is 6. The molecule has 106 heavy (non-hydrogen) atoms. The number of carboxylic acid groups (broad SMARTS) is 1. The van der Waals surface area contributed by atoms with Gasteiger partial charge in [-0.25, -0.2) is 4.79 Å².